The molecule has 7 heteroatoms. The molecule has 1 saturated carbocycles. The molecule has 1 aliphatic heterocycles. The van der Waals surface area contributed by atoms with Gasteiger partial charge in [0.1, 0.15) is 6.04 Å². The third kappa shape index (κ3) is 3.38. The van der Waals surface area contributed by atoms with Gasteiger partial charge in [0.25, 0.3) is 0 Å². The van der Waals surface area contributed by atoms with Crippen molar-refractivity contribution in [3.63, 3.8) is 0 Å². The molecule has 0 aromatic heterocycles. The van der Waals surface area contributed by atoms with Crippen molar-refractivity contribution in [2.24, 2.45) is 0 Å². The Bertz CT molecular complexity index is 379. The van der Waals surface area contributed by atoms with Gasteiger partial charge in [0.15, 0.2) is 0 Å². The van der Waals surface area contributed by atoms with Gasteiger partial charge in [-0.2, -0.15) is 11.8 Å². The number of nitrogens with zero attached hydrogens (tertiary/aromatic N) is 1. The number of β-amino-alcohol motifs (C(OH)–C–C–N with tert-alkyl or cyclic N) is 1. The number of rotatable bonds is 3. The van der Waals surface area contributed by atoms with Crippen LogP contribution in [0.25, 0.3) is 0 Å². The number of aliphatic carboxylic acids is 1. The predicted octanol–water partition coefficient (Wildman–Crippen LogP) is 0.890. The van der Waals surface area contributed by atoms with E-state index in [9.17, 15) is 14.7 Å². The molecule has 0 bridgehead atoms. The first-order valence-corrected chi connectivity index (χ1v) is 8.32. The standard InChI is InChI=1S/C13H22N2O4S/c1-20-11-5-3-2-4-9(11)14-13(19)15-7-8(16)6-10(15)12(17)18/h8-11,16H,2-7H2,1H3,(H,14,19)(H,17,18)/t8-,9?,10-,11?/m1/s1. The zero-order valence-electron chi connectivity index (χ0n) is 11.6. The number of nitrogens with one attached hydrogen (secondary N) is 1. The maximum Gasteiger partial charge on any atom is 0.326 e. The van der Waals surface area contributed by atoms with Gasteiger partial charge in [-0.15, -0.1) is 0 Å². The van der Waals surface area contributed by atoms with Crippen molar-refractivity contribution in [3.8, 4) is 0 Å². The second-order valence-corrected chi connectivity index (χ2v) is 6.59. The van der Waals surface area contributed by atoms with Crippen molar-refractivity contribution in [1.29, 1.82) is 0 Å². The van der Waals surface area contributed by atoms with Gasteiger partial charge in [0.05, 0.1) is 6.10 Å². The van der Waals surface area contributed by atoms with Gasteiger partial charge in [-0.3, -0.25) is 0 Å². The highest BCUT2D eigenvalue weighted by molar-refractivity contribution is 7.99. The smallest absolute Gasteiger partial charge is 0.326 e. The molecule has 2 unspecified atom stereocenters. The normalized spacial score (nSPS) is 34.0. The number of carboxylic acids is 1. The lowest BCUT2D eigenvalue weighted by molar-refractivity contribution is -0.141. The molecule has 20 heavy (non-hydrogen) atoms. The number of carbonyl (C=O) groups excluding carboxylic acids is 1. The van der Waals surface area contributed by atoms with Gasteiger partial charge < -0.3 is 20.4 Å². The summed E-state index contributed by atoms with van der Waals surface area (Å²) >= 11 is 1.75. The van der Waals surface area contributed by atoms with Crippen LogP contribution in [0.15, 0.2) is 0 Å². The van der Waals surface area contributed by atoms with E-state index in [1.54, 1.807) is 11.8 Å². The molecule has 1 aliphatic carbocycles. The number of carbonyl (C=O) groups is 2. The van der Waals surface area contributed by atoms with Crippen molar-refractivity contribution < 1.29 is 19.8 Å². The Morgan fingerprint density at radius 1 is 1.30 bits per heavy atom. The lowest BCUT2D eigenvalue weighted by Gasteiger charge is -2.33. The summed E-state index contributed by atoms with van der Waals surface area (Å²) in [5, 5.41) is 22.1. The van der Waals surface area contributed by atoms with Crippen LogP contribution in [0, 0.1) is 0 Å². The molecule has 3 N–H and O–H groups in total. The lowest BCUT2D eigenvalue weighted by Crippen LogP contribution is -2.52. The topological polar surface area (TPSA) is 89.9 Å². The molecule has 6 nitrogen and oxygen atoms in total. The maximum absolute atomic E-state index is 12.3. The summed E-state index contributed by atoms with van der Waals surface area (Å²) < 4.78 is 0. The number of aliphatic hydroxyl groups excluding tert-OH is 1. The van der Waals surface area contributed by atoms with E-state index in [0.29, 0.717) is 5.25 Å². The quantitative estimate of drug-likeness (QED) is 0.720. The molecule has 0 aromatic carbocycles. The molecular formula is C13H22N2O4S. The number of carboxylic acid groups (broad SMARTS) is 1. The van der Waals surface area contributed by atoms with Crippen molar-refractivity contribution in [2.45, 2.75) is 55.5 Å². The number of amides is 2. The molecule has 1 saturated heterocycles. The molecular weight excluding hydrogens is 280 g/mol. The van der Waals surface area contributed by atoms with Crippen molar-refractivity contribution >= 4 is 23.8 Å². The van der Waals surface area contributed by atoms with Crippen LogP contribution in [0.5, 0.6) is 0 Å². The highest BCUT2D eigenvalue weighted by Crippen LogP contribution is 2.28. The summed E-state index contributed by atoms with van der Waals surface area (Å²) in [7, 11) is 0. The molecule has 1 heterocycles. The molecule has 4 atom stereocenters. The van der Waals surface area contributed by atoms with E-state index in [1.165, 1.54) is 11.3 Å². The van der Waals surface area contributed by atoms with Gasteiger partial charge in [0, 0.05) is 24.3 Å². The second kappa shape index (κ2) is 6.67. The number of likely N-dealkylation sites (tertiary alicyclic amines) is 1. The van der Waals surface area contributed by atoms with Gasteiger partial charge in [-0.25, -0.2) is 9.59 Å². The van der Waals surface area contributed by atoms with Crippen LogP contribution >= 0.6 is 11.8 Å². The van der Waals surface area contributed by atoms with Crippen molar-refractivity contribution in [2.75, 3.05) is 12.8 Å². The largest absolute Gasteiger partial charge is 0.480 e. The Morgan fingerprint density at radius 3 is 2.65 bits per heavy atom. The highest BCUT2D eigenvalue weighted by atomic mass is 32.2. The minimum Gasteiger partial charge on any atom is -0.480 e. The summed E-state index contributed by atoms with van der Waals surface area (Å²) in [4.78, 5) is 24.7. The van der Waals surface area contributed by atoms with Crippen LogP contribution in [0.4, 0.5) is 4.79 Å². The second-order valence-electron chi connectivity index (χ2n) is 5.51. The van der Waals surface area contributed by atoms with Gasteiger partial charge >= 0.3 is 12.0 Å². The predicted molar refractivity (Wildman–Crippen MR) is 76.8 cm³/mol. The molecule has 2 amide bonds. The molecule has 2 fully saturated rings. The summed E-state index contributed by atoms with van der Waals surface area (Å²) in [6, 6.07) is -1.18. The molecule has 0 aromatic rings. The average molecular weight is 302 g/mol. The molecule has 2 rings (SSSR count). The highest BCUT2D eigenvalue weighted by Gasteiger charge is 2.40. The SMILES string of the molecule is CSC1CCCCC1NC(=O)N1C[C@H](O)C[C@@H]1C(=O)O. The summed E-state index contributed by atoms with van der Waals surface area (Å²) in [5.74, 6) is -1.05. The zero-order valence-corrected chi connectivity index (χ0v) is 12.4. The number of hydrogen-bond donors (Lipinski definition) is 3. The summed E-state index contributed by atoms with van der Waals surface area (Å²) in [6.07, 6.45) is 5.69. The Labute approximate surface area is 122 Å². The fraction of sp³-hybridized carbons (Fsp3) is 0.846. The van der Waals surface area contributed by atoms with Gasteiger partial charge in [-0.05, 0) is 19.1 Å². The van der Waals surface area contributed by atoms with E-state index in [4.69, 9.17) is 5.11 Å². The first kappa shape index (κ1) is 15.4. The van der Waals surface area contributed by atoms with E-state index < -0.39 is 18.1 Å². The first-order chi connectivity index (χ1) is 9.52. The lowest BCUT2D eigenvalue weighted by atomic mass is 9.95. The third-order valence-electron chi connectivity index (χ3n) is 4.14. The molecule has 114 valence electrons. The van der Waals surface area contributed by atoms with Crippen LogP contribution in [0.3, 0.4) is 0 Å². The van der Waals surface area contributed by atoms with Crippen molar-refractivity contribution in [3.05, 3.63) is 0 Å². The van der Waals surface area contributed by atoms with Gasteiger partial charge in [0.2, 0.25) is 0 Å². The fourth-order valence-electron chi connectivity index (χ4n) is 3.06. The van der Waals surface area contributed by atoms with Crippen LogP contribution < -0.4 is 5.32 Å². The van der Waals surface area contributed by atoms with E-state index in [1.807, 2.05) is 6.26 Å². The fourth-order valence-corrected chi connectivity index (χ4v) is 3.99. The third-order valence-corrected chi connectivity index (χ3v) is 5.31. The zero-order chi connectivity index (χ0) is 14.7. The van der Waals surface area contributed by atoms with E-state index >= 15 is 0 Å². The summed E-state index contributed by atoms with van der Waals surface area (Å²) in [5.41, 5.74) is 0. The monoisotopic (exact) mass is 302 g/mol. The minimum atomic E-state index is -1.05. The van der Waals surface area contributed by atoms with Crippen LogP contribution in [-0.4, -0.2) is 63.4 Å². The van der Waals surface area contributed by atoms with E-state index in [2.05, 4.69) is 5.32 Å². The Balaban J connectivity index is 1.98. The molecule has 0 spiro atoms. The number of aliphatic hydroxyl groups is 1. The number of hydrogen-bond acceptors (Lipinski definition) is 4. The molecule has 0 radical (unpaired) electrons. The van der Waals surface area contributed by atoms with Crippen LogP contribution in [-0.2, 0) is 4.79 Å². The molecule has 2 aliphatic rings. The Kier molecular flexibility index (Phi) is 5.15. The van der Waals surface area contributed by atoms with E-state index in [-0.39, 0.29) is 25.0 Å². The maximum atomic E-state index is 12.3. The number of urea groups is 1. The van der Waals surface area contributed by atoms with Crippen molar-refractivity contribution in [1.82, 2.24) is 10.2 Å². The Morgan fingerprint density at radius 2 is 2.00 bits per heavy atom. The minimum absolute atomic E-state index is 0.0958. The number of thioether (sulfide) groups is 1. The van der Waals surface area contributed by atoms with E-state index in [0.717, 1.165) is 19.3 Å². The summed E-state index contributed by atoms with van der Waals surface area (Å²) in [6.45, 7) is 0.0967. The first-order valence-electron chi connectivity index (χ1n) is 7.03. The van der Waals surface area contributed by atoms with Crippen LogP contribution in [0.2, 0.25) is 0 Å². The van der Waals surface area contributed by atoms with Gasteiger partial charge in [-0.1, -0.05) is 12.8 Å². The van der Waals surface area contributed by atoms with Crippen LogP contribution in [0.1, 0.15) is 32.1 Å². The Hall–Kier alpha value is -0.950. The average Bonchev–Trinajstić information content (AvgIpc) is 2.82.